The maximum Gasteiger partial charge on any atom is 0.331 e. The normalized spacial score (nSPS) is 22.1. The molecule has 206 valence electrons. The third-order valence-corrected chi connectivity index (χ3v) is 9.97. The van der Waals surface area contributed by atoms with E-state index in [1.807, 2.05) is 0 Å². The monoisotopic (exact) mass is 566 g/mol. The molecule has 2 atom stereocenters. The Kier molecular flexibility index (Phi) is 6.87. The van der Waals surface area contributed by atoms with E-state index in [4.69, 9.17) is 4.74 Å². The number of sulfone groups is 1. The van der Waals surface area contributed by atoms with E-state index in [-0.39, 0.29) is 5.69 Å². The van der Waals surface area contributed by atoms with Crippen molar-refractivity contribution in [3.8, 4) is 0 Å². The first-order valence-electron chi connectivity index (χ1n) is 12.3. The Morgan fingerprint density at radius 3 is 1.98 bits per heavy atom. The molecule has 11 heteroatoms. The zero-order valence-corrected chi connectivity index (χ0v) is 22.2. The Morgan fingerprint density at radius 2 is 1.48 bits per heavy atom. The number of ether oxygens (including phenoxy) is 1. The fraction of sp³-hybridized carbons (Fsp3) is 0.241. The van der Waals surface area contributed by atoms with E-state index in [0.29, 0.717) is 11.1 Å². The molecule has 0 saturated carbocycles. The molecule has 0 N–H and O–H groups in total. The Bertz CT molecular complexity index is 1570. The number of benzene rings is 2. The van der Waals surface area contributed by atoms with Crippen LogP contribution in [0.1, 0.15) is 36.8 Å². The number of carbonyl (C=O) groups excluding carboxylic acids is 3. The van der Waals surface area contributed by atoms with Gasteiger partial charge >= 0.3 is 12.4 Å². The molecule has 2 fully saturated rings. The molecule has 1 amide bonds. The lowest BCUT2D eigenvalue weighted by Crippen LogP contribution is -2.60. The second-order valence-electron chi connectivity index (χ2n) is 9.92. The van der Waals surface area contributed by atoms with E-state index in [0.717, 1.165) is 4.90 Å². The largest absolute Gasteiger partial charge is 0.451 e. The lowest BCUT2D eigenvalue weighted by atomic mass is 9.90. The van der Waals surface area contributed by atoms with Crippen molar-refractivity contribution in [3.63, 3.8) is 0 Å². The standard InChI is InChI=1S/C29H24F2N2O6S/c1-29(2)24(28(36)39-23(17-11-5-3-6-12-17)18-13-7-4-8-14-18)33-26(35)21(27(33)40(29,37)38)20(22(34)25(30)31)19-15-9-10-16-32-19/h3-16,23-25,27H,1-2H3/b21-20+/t24-,27+/m0/s1. The lowest BCUT2D eigenvalue weighted by molar-refractivity contribution is -0.160. The summed E-state index contributed by atoms with van der Waals surface area (Å²) in [7, 11) is -4.40. The van der Waals surface area contributed by atoms with Crippen LogP contribution in [-0.4, -0.2) is 58.5 Å². The molecule has 2 saturated heterocycles. The summed E-state index contributed by atoms with van der Waals surface area (Å²) in [6.45, 7) is 2.54. The zero-order chi connectivity index (χ0) is 28.8. The van der Waals surface area contributed by atoms with Gasteiger partial charge in [0.25, 0.3) is 5.91 Å². The summed E-state index contributed by atoms with van der Waals surface area (Å²) in [5, 5.41) is -1.79. The molecular weight excluding hydrogens is 542 g/mol. The molecule has 2 aliphatic heterocycles. The summed E-state index contributed by atoms with van der Waals surface area (Å²) in [6, 6.07) is 20.1. The molecule has 1 aromatic heterocycles. The number of rotatable bonds is 7. The van der Waals surface area contributed by atoms with Crippen LogP contribution in [0.25, 0.3) is 5.57 Å². The number of β-lactam (4-membered cyclic amide) rings is 1. The summed E-state index contributed by atoms with van der Waals surface area (Å²) in [4.78, 5) is 44.5. The number of pyridine rings is 1. The number of carbonyl (C=O) groups is 3. The first-order chi connectivity index (χ1) is 19.0. The van der Waals surface area contributed by atoms with Crippen molar-refractivity contribution >= 4 is 33.1 Å². The van der Waals surface area contributed by atoms with E-state index in [1.54, 1.807) is 60.7 Å². The number of esters is 1. The van der Waals surface area contributed by atoms with Gasteiger partial charge in [0.2, 0.25) is 5.78 Å². The van der Waals surface area contributed by atoms with Gasteiger partial charge < -0.3 is 9.64 Å². The van der Waals surface area contributed by atoms with E-state index < -0.39 is 67.3 Å². The Labute approximate surface area is 229 Å². The summed E-state index contributed by atoms with van der Waals surface area (Å²) < 4.78 is 58.7. The Hall–Kier alpha value is -4.25. The maximum absolute atomic E-state index is 13.7. The number of fused-ring (bicyclic) bond motifs is 1. The number of aromatic nitrogens is 1. The first kappa shape index (κ1) is 27.3. The molecule has 40 heavy (non-hydrogen) atoms. The number of nitrogens with zero attached hydrogens (tertiary/aromatic N) is 2. The molecule has 0 spiro atoms. The van der Waals surface area contributed by atoms with Gasteiger partial charge in [-0.05, 0) is 37.1 Å². The maximum atomic E-state index is 13.7. The molecule has 3 aromatic rings. The predicted molar refractivity (Wildman–Crippen MR) is 140 cm³/mol. The highest BCUT2D eigenvalue weighted by molar-refractivity contribution is 7.94. The van der Waals surface area contributed by atoms with Gasteiger partial charge in [-0.1, -0.05) is 66.7 Å². The molecule has 8 nitrogen and oxygen atoms in total. The summed E-state index contributed by atoms with van der Waals surface area (Å²) in [5.74, 6) is -3.73. The number of Topliss-reactive ketones (excluding diaryl/α,β-unsaturated/α-hetero) is 1. The average Bonchev–Trinajstić information content (AvgIpc) is 3.09. The van der Waals surface area contributed by atoms with Crippen molar-refractivity contribution in [2.24, 2.45) is 0 Å². The van der Waals surface area contributed by atoms with Gasteiger partial charge in [0, 0.05) is 6.20 Å². The van der Waals surface area contributed by atoms with Crippen LogP contribution in [0.3, 0.4) is 0 Å². The number of hydrogen-bond acceptors (Lipinski definition) is 7. The minimum absolute atomic E-state index is 0.261. The second kappa shape index (κ2) is 10.1. The molecule has 3 heterocycles. The minimum Gasteiger partial charge on any atom is -0.451 e. The van der Waals surface area contributed by atoms with Crippen molar-refractivity contribution in [1.29, 1.82) is 0 Å². The first-order valence-corrected chi connectivity index (χ1v) is 13.9. The van der Waals surface area contributed by atoms with E-state index in [2.05, 4.69) is 4.98 Å². The number of halogens is 2. The van der Waals surface area contributed by atoms with Crippen LogP contribution < -0.4 is 0 Å². The molecule has 5 rings (SSSR count). The molecule has 0 aliphatic carbocycles. The Balaban J connectivity index is 1.58. The van der Waals surface area contributed by atoms with Crippen molar-refractivity contribution in [2.45, 2.75) is 42.5 Å². The zero-order valence-electron chi connectivity index (χ0n) is 21.4. The van der Waals surface area contributed by atoms with Crippen LogP contribution in [0, 0.1) is 0 Å². The van der Waals surface area contributed by atoms with Gasteiger partial charge in [-0.3, -0.25) is 14.6 Å². The SMILES string of the molecule is CC1(C)[C@H](C(=O)OC(c2ccccc2)c2ccccc2)N2C(=O)/C(=C(\C(=O)C(F)F)c3ccccn3)[C@H]2S1(=O)=O. The highest BCUT2D eigenvalue weighted by Crippen LogP contribution is 2.51. The van der Waals surface area contributed by atoms with E-state index in [9.17, 15) is 31.6 Å². The van der Waals surface area contributed by atoms with Gasteiger partial charge in [-0.2, -0.15) is 0 Å². The minimum atomic E-state index is -4.40. The number of amides is 1. The van der Waals surface area contributed by atoms with Gasteiger partial charge in [0.15, 0.2) is 27.4 Å². The van der Waals surface area contributed by atoms with Crippen LogP contribution in [-0.2, 0) is 29.0 Å². The van der Waals surface area contributed by atoms with Crippen LogP contribution in [0.15, 0.2) is 90.6 Å². The van der Waals surface area contributed by atoms with Crippen molar-refractivity contribution in [3.05, 3.63) is 107 Å². The molecular formula is C29H24F2N2O6S. The molecule has 0 unspecified atom stereocenters. The van der Waals surface area contributed by atoms with E-state index in [1.165, 1.54) is 38.2 Å². The fourth-order valence-corrected chi connectivity index (χ4v) is 7.31. The molecule has 0 radical (unpaired) electrons. The highest BCUT2D eigenvalue weighted by atomic mass is 32.2. The third kappa shape index (κ3) is 4.21. The molecule has 2 aliphatic rings. The van der Waals surface area contributed by atoms with Crippen molar-refractivity contribution in [2.75, 3.05) is 0 Å². The van der Waals surface area contributed by atoms with Gasteiger partial charge in [-0.15, -0.1) is 0 Å². The number of alkyl halides is 2. The summed E-state index contributed by atoms with van der Waals surface area (Å²) in [6.07, 6.45) is -3.19. The van der Waals surface area contributed by atoms with Crippen LogP contribution >= 0.6 is 0 Å². The van der Waals surface area contributed by atoms with Crippen LogP contribution in [0.4, 0.5) is 8.78 Å². The lowest BCUT2D eigenvalue weighted by Gasteiger charge is -2.40. The quantitative estimate of drug-likeness (QED) is 0.243. The smallest absolute Gasteiger partial charge is 0.331 e. The van der Waals surface area contributed by atoms with Gasteiger partial charge in [0.05, 0.1) is 16.8 Å². The van der Waals surface area contributed by atoms with Crippen LogP contribution in [0.5, 0.6) is 0 Å². The van der Waals surface area contributed by atoms with Crippen molar-refractivity contribution < 1.29 is 36.3 Å². The third-order valence-electron chi connectivity index (χ3n) is 7.23. The highest BCUT2D eigenvalue weighted by Gasteiger charge is 2.71. The van der Waals surface area contributed by atoms with Gasteiger partial charge in [-0.25, -0.2) is 22.0 Å². The second-order valence-corrected chi connectivity index (χ2v) is 12.5. The number of allylic oxidation sites excluding steroid dienone is 1. The summed E-state index contributed by atoms with van der Waals surface area (Å²) in [5.41, 5.74) is -0.430. The topological polar surface area (TPSA) is 111 Å². The molecule has 2 aromatic carbocycles. The van der Waals surface area contributed by atoms with Crippen LogP contribution in [0.2, 0.25) is 0 Å². The van der Waals surface area contributed by atoms with Crippen molar-refractivity contribution in [1.82, 2.24) is 9.88 Å². The predicted octanol–water partition coefficient (Wildman–Crippen LogP) is 3.75. The van der Waals surface area contributed by atoms with Gasteiger partial charge in [0.1, 0.15) is 4.75 Å². The summed E-state index contributed by atoms with van der Waals surface area (Å²) >= 11 is 0. The fourth-order valence-electron chi connectivity index (χ4n) is 5.17. The number of hydrogen-bond donors (Lipinski definition) is 0. The molecule has 0 bridgehead atoms. The van der Waals surface area contributed by atoms with E-state index >= 15 is 0 Å². The Morgan fingerprint density at radius 1 is 0.925 bits per heavy atom. The number of ketones is 1. The average molecular weight is 567 g/mol.